The number of nitrogens with one attached hydrogen (secondary N) is 4. The van der Waals surface area contributed by atoms with Crippen molar-refractivity contribution in [2.45, 2.75) is 19.9 Å². The smallest absolute Gasteiger partial charge is 0.321 e. The van der Waals surface area contributed by atoms with Crippen LogP contribution in [0.1, 0.15) is 13.8 Å². The summed E-state index contributed by atoms with van der Waals surface area (Å²) in [6.07, 6.45) is 0. The highest BCUT2D eigenvalue weighted by Gasteiger charge is 2.16. The Morgan fingerprint density at radius 1 is 1.09 bits per heavy atom. The standard InChI is InChI=1S/C15H21ClN4O3/c1-10(2)17-15(23)19-14(22)9-20(3)8-13(21)18-12-6-4-11(16)5-7-12/h4-7,10H,8-9H2,1-3H3,(H,18,21)(H2,17,19,22,23)/p+1. The van der Waals surface area contributed by atoms with Crippen LogP contribution in [0.4, 0.5) is 10.5 Å². The van der Waals surface area contributed by atoms with Crippen molar-refractivity contribution < 1.29 is 19.3 Å². The summed E-state index contributed by atoms with van der Waals surface area (Å²) in [7, 11) is 1.70. The number of hydrogen-bond acceptors (Lipinski definition) is 3. The Morgan fingerprint density at radius 2 is 1.65 bits per heavy atom. The molecule has 0 saturated heterocycles. The second-order valence-electron chi connectivity index (χ2n) is 5.54. The van der Waals surface area contributed by atoms with E-state index in [1.165, 1.54) is 0 Å². The van der Waals surface area contributed by atoms with E-state index in [0.717, 1.165) is 0 Å². The van der Waals surface area contributed by atoms with Crippen LogP contribution in [0, 0.1) is 0 Å². The zero-order valence-electron chi connectivity index (χ0n) is 13.4. The Balaban J connectivity index is 2.36. The third-order valence-corrected chi connectivity index (χ3v) is 2.98. The van der Waals surface area contributed by atoms with Crippen molar-refractivity contribution in [2.24, 2.45) is 0 Å². The zero-order chi connectivity index (χ0) is 17.4. The van der Waals surface area contributed by atoms with Gasteiger partial charge in [-0.2, -0.15) is 0 Å². The Kier molecular flexibility index (Phi) is 7.50. The lowest BCUT2D eigenvalue weighted by Crippen LogP contribution is -3.11. The molecule has 0 heterocycles. The number of amides is 4. The summed E-state index contributed by atoms with van der Waals surface area (Å²) in [5.41, 5.74) is 0.632. The molecule has 0 spiro atoms. The molecule has 0 saturated carbocycles. The number of likely N-dealkylation sites (N-methyl/N-ethyl adjacent to an activating group) is 1. The van der Waals surface area contributed by atoms with E-state index in [0.29, 0.717) is 15.6 Å². The fraction of sp³-hybridized carbons (Fsp3) is 0.400. The Labute approximate surface area is 140 Å². The third kappa shape index (κ3) is 8.18. The number of imide groups is 1. The summed E-state index contributed by atoms with van der Waals surface area (Å²) in [5, 5.41) is 8.07. The van der Waals surface area contributed by atoms with Gasteiger partial charge in [-0.15, -0.1) is 0 Å². The molecule has 1 atom stereocenters. The monoisotopic (exact) mass is 341 g/mol. The first-order valence-corrected chi connectivity index (χ1v) is 7.61. The summed E-state index contributed by atoms with van der Waals surface area (Å²) in [4.78, 5) is 35.6. The Hall–Kier alpha value is -2.12. The molecule has 0 aliphatic carbocycles. The van der Waals surface area contributed by atoms with Gasteiger partial charge in [0, 0.05) is 16.8 Å². The minimum Gasteiger partial charge on any atom is -0.336 e. The van der Waals surface area contributed by atoms with Gasteiger partial charge < -0.3 is 15.5 Å². The molecule has 4 N–H and O–H groups in total. The largest absolute Gasteiger partial charge is 0.336 e. The predicted octanol–water partition coefficient (Wildman–Crippen LogP) is 0.0274. The van der Waals surface area contributed by atoms with E-state index in [1.54, 1.807) is 45.2 Å². The van der Waals surface area contributed by atoms with Crippen molar-refractivity contribution in [1.82, 2.24) is 10.6 Å². The molecule has 1 aromatic carbocycles. The number of anilines is 1. The molecule has 0 aromatic heterocycles. The maximum atomic E-state index is 11.9. The van der Waals surface area contributed by atoms with Crippen LogP contribution in [0.2, 0.25) is 5.02 Å². The molecule has 1 aromatic rings. The van der Waals surface area contributed by atoms with E-state index in [-0.39, 0.29) is 25.0 Å². The van der Waals surface area contributed by atoms with E-state index >= 15 is 0 Å². The minimum atomic E-state index is -0.539. The Bertz CT molecular complexity index is 560. The zero-order valence-corrected chi connectivity index (χ0v) is 14.2. The summed E-state index contributed by atoms with van der Waals surface area (Å²) < 4.78 is 0. The first kappa shape index (κ1) is 18.9. The molecule has 1 unspecified atom stereocenters. The molecule has 0 aliphatic rings. The summed E-state index contributed by atoms with van der Waals surface area (Å²) >= 11 is 5.77. The van der Waals surface area contributed by atoms with Crippen LogP contribution in [0.25, 0.3) is 0 Å². The van der Waals surface area contributed by atoms with Gasteiger partial charge in [0.25, 0.3) is 11.8 Å². The number of urea groups is 1. The fourth-order valence-corrected chi connectivity index (χ4v) is 1.94. The second kappa shape index (κ2) is 9.12. The second-order valence-corrected chi connectivity index (χ2v) is 5.98. The van der Waals surface area contributed by atoms with Gasteiger partial charge in [-0.3, -0.25) is 14.9 Å². The molecule has 8 heteroatoms. The van der Waals surface area contributed by atoms with E-state index in [1.807, 2.05) is 0 Å². The molecule has 7 nitrogen and oxygen atoms in total. The first-order chi connectivity index (χ1) is 10.8. The maximum absolute atomic E-state index is 11.9. The molecule has 23 heavy (non-hydrogen) atoms. The van der Waals surface area contributed by atoms with Gasteiger partial charge in [0.1, 0.15) is 0 Å². The van der Waals surface area contributed by atoms with Gasteiger partial charge in [0.05, 0.1) is 7.05 Å². The highest BCUT2D eigenvalue weighted by atomic mass is 35.5. The van der Waals surface area contributed by atoms with Crippen molar-refractivity contribution in [3.8, 4) is 0 Å². The topological polar surface area (TPSA) is 91.7 Å². The van der Waals surface area contributed by atoms with E-state index in [9.17, 15) is 14.4 Å². The maximum Gasteiger partial charge on any atom is 0.321 e. The van der Waals surface area contributed by atoms with Gasteiger partial charge in [-0.05, 0) is 38.1 Å². The van der Waals surface area contributed by atoms with Crippen LogP contribution in [0.5, 0.6) is 0 Å². The van der Waals surface area contributed by atoms with Crippen LogP contribution in [0.15, 0.2) is 24.3 Å². The number of quaternary nitrogens is 1. The van der Waals surface area contributed by atoms with E-state index in [2.05, 4.69) is 16.0 Å². The molecule has 0 aliphatic heterocycles. The molecule has 126 valence electrons. The molecular formula is C15H22ClN4O3+. The summed E-state index contributed by atoms with van der Waals surface area (Å²) in [6.45, 7) is 3.70. The summed E-state index contributed by atoms with van der Waals surface area (Å²) in [6, 6.07) is 6.14. The lowest BCUT2D eigenvalue weighted by atomic mass is 10.3. The van der Waals surface area contributed by atoms with Gasteiger partial charge in [0.2, 0.25) is 0 Å². The van der Waals surface area contributed by atoms with Crippen LogP contribution in [-0.4, -0.2) is 44.0 Å². The first-order valence-electron chi connectivity index (χ1n) is 7.23. The number of halogens is 1. The number of rotatable bonds is 6. The van der Waals surface area contributed by atoms with Gasteiger partial charge in [0.15, 0.2) is 13.1 Å². The Morgan fingerprint density at radius 3 is 2.22 bits per heavy atom. The SMILES string of the molecule is CC(C)NC(=O)NC(=O)C[NH+](C)CC(=O)Nc1ccc(Cl)cc1. The van der Waals surface area contributed by atoms with Crippen molar-refractivity contribution >= 4 is 35.1 Å². The average molecular weight is 342 g/mol. The number of carbonyl (C=O) groups is 3. The lowest BCUT2D eigenvalue weighted by Gasteiger charge is -2.14. The van der Waals surface area contributed by atoms with Crippen LogP contribution >= 0.6 is 11.6 Å². The van der Waals surface area contributed by atoms with Crippen molar-refractivity contribution in [1.29, 1.82) is 0 Å². The summed E-state index contributed by atoms with van der Waals surface area (Å²) in [5.74, 6) is -0.677. The normalized spacial score (nSPS) is 11.7. The fourth-order valence-electron chi connectivity index (χ4n) is 1.82. The lowest BCUT2D eigenvalue weighted by molar-refractivity contribution is -0.862. The van der Waals surface area contributed by atoms with Crippen molar-refractivity contribution in [3.63, 3.8) is 0 Å². The minimum absolute atomic E-state index is 0.0134. The molecule has 0 radical (unpaired) electrons. The molecular weight excluding hydrogens is 320 g/mol. The number of carbonyl (C=O) groups excluding carboxylic acids is 3. The van der Waals surface area contributed by atoms with Gasteiger partial charge in [-0.1, -0.05) is 11.6 Å². The highest BCUT2D eigenvalue weighted by molar-refractivity contribution is 6.30. The quantitative estimate of drug-likeness (QED) is 0.588. The molecule has 1 rings (SSSR count). The van der Waals surface area contributed by atoms with Gasteiger partial charge in [-0.25, -0.2) is 4.79 Å². The molecule has 0 fully saturated rings. The third-order valence-electron chi connectivity index (χ3n) is 2.73. The average Bonchev–Trinajstić information content (AvgIpc) is 2.39. The number of hydrogen-bond donors (Lipinski definition) is 4. The van der Waals surface area contributed by atoms with Crippen LogP contribution in [-0.2, 0) is 9.59 Å². The van der Waals surface area contributed by atoms with Crippen LogP contribution in [0.3, 0.4) is 0 Å². The van der Waals surface area contributed by atoms with Crippen molar-refractivity contribution in [2.75, 3.05) is 25.5 Å². The van der Waals surface area contributed by atoms with E-state index in [4.69, 9.17) is 11.6 Å². The van der Waals surface area contributed by atoms with Crippen LogP contribution < -0.4 is 20.9 Å². The molecule has 0 bridgehead atoms. The number of benzene rings is 1. The van der Waals surface area contributed by atoms with Gasteiger partial charge >= 0.3 is 6.03 Å². The highest BCUT2D eigenvalue weighted by Crippen LogP contribution is 2.12. The van der Waals surface area contributed by atoms with E-state index < -0.39 is 11.9 Å². The molecule has 4 amide bonds. The predicted molar refractivity (Wildman–Crippen MR) is 88.5 cm³/mol. The van der Waals surface area contributed by atoms with Crippen molar-refractivity contribution in [3.05, 3.63) is 29.3 Å².